The number of ether oxygens (including phenoxy) is 1. The van der Waals surface area contributed by atoms with Crippen molar-refractivity contribution in [3.8, 4) is 11.8 Å². The molecule has 59 heavy (non-hydrogen) atoms. The number of hydrogen-bond acceptors (Lipinski definition) is 10. The number of nitriles is 1. The number of anilines is 2. The number of halogens is 2. The lowest BCUT2D eigenvalue weighted by Gasteiger charge is -2.63. The molecule has 4 fully saturated rings. The average Bonchev–Trinajstić information content (AvgIpc) is 3.53. The predicted octanol–water partition coefficient (Wildman–Crippen LogP) is 5.16. The smallest absolute Gasteiger partial charge is 0.255 e. The van der Waals surface area contributed by atoms with Gasteiger partial charge in [-0.3, -0.25) is 29.4 Å². The second-order valence-corrected chi connectivity index (χ2v) is 18.2. The summed E-state index contributed by atoms with van der Waals surface area (Å²) < 4.78 is 21.8. The van der Waals surface area contributed by atoms with Gasteiger partial charge in [0.1, 0.15) is 35.6 Å². The van der Waals surface area contributed by atoms with Crippen LogP contribution in [0.2, 0.25) is 5.02 Å². The molecule has 15 heteroatoms. The summed E-state index contributed by atoms with van der Waals surface area (Å²) in [6.07, 6.45) is 3.91. The Kier molecular flexibility index (Phi) is 10.8. The lowest BCUT2D eigenvalue weighted by molar-refractivity contribution is -0.164. The number of aromatic nitrogens is 1. The first kappa shape index (κ1) is 40.5. The van der Waals surface area contributed by atoms with E-state index < -0.39 is 11.9 Å². The zero-order chi connectivity index (χ0) is 41.8. The third kappa shape index (κ3) is 7.71. The first-order chi connectivity index (χ1) is 28.1. The maximum absolute atomic E-state index is 15.4. The Morgan fingerprint density at radius 3 is 2.36 bits per heavy atom. The molecule has 0 spiro atoms. The minimum Gasteiger partial charge on any atom is -0.489 e. The van der Waals surface area contributed by atoms with Crippen molar-refractivity contribution in [1.29, 1.82) is 5.26 Å². The average molecular weight is 825 g/mol. The van der Waals surface area contributed by atoms with Crippen molar-refractivity contribution in [1.82, 2.24) is 25.4 Å². The molecule has 2 N–H and O–H groups in total. The summed E-state index contributed by atoms with van der Waals surface area (Å²) in [7, 11) is 0. The van der Waals surface area contributed by atoms with Crippen LogP contribution >= 0.6 is 11.6 Å². The van der Waals surface area contributed by atoms with Crippen molar-refractivity contribution in [2.24, 2.45) is 16.7 Å². The predicted molar refractivity (Wildman–Crippen MR) is 220 cm³/mol. The van der Waals surface area contributed by atoms with Gasteiger partial charge in [-0.25, -0.2) is 9.37 Å². The maximum atomic E-state index is 15.4. The van der Waals surface area contributed by atoms with Crippen molar-refractivity contribution in [2.45, 2.75) is 78.1 Å². The number of carbonyl (C=O) groups is 4. The van der Waals surface area contributed by atoms with Crippen LogP contribution in [0, 0.1) is 33.9 Å². The van der Waals surface area contributed by atoms with E-state index in [0.717, 1.165) is 51.4 Å². The quantitative estimate of drug-likeness (QED) is 0.277. The highest BCUT2D eigenvalue weighted by molar-refractivity contribution is 6.31. The SMILES string of the molecule is CC1(C)C(NC(=O)c2ccc(N3CCC(CN4CCN(c5cc6c(cc5F)CN(C5CCC(=O)NC5=O)C6=O)CC4)CC3)nc2)C(C)(C)C1Oc1ccc(C#N)c(Cl)c1. The van der Waals surface area contributed by atoms with Crippen LogP contribution in [-0.2, 0) is 16.1 Å². The van der Waals surface area contributed by atoms with Crippen molar-refractivity contribution < 1.29 is 28.3 Å². The monoisotopic (exact) mass is 824 g/mol. The molecule has 0 bridgehead atoms. The molecule has 4 aliphatic heterocycles. The van der Waals surface area contributed by atoms with Gasteiger partial charge in [-0.1, -0.05) is 39.3 Å². The summed E-state index contributed by atoms with van der Waals surface area (Å²) in [5.74, 6) is 0.276. The number of imide groups is 1. The molecule has 0 radical (unpaired) electrons. The van der Waals surface area contributed by atoms with E-state index in [0.29, 0.717) is 57.7 Å². The topological polar surface area (TPSA) is 151 Å². The van der Waals surface area contributed by atoms with Crippen LogP contribution in [-0.4, -0.2) is 102 Å². The van der Waals surface area contributed by atoms with Crippen LogP contribution in [0.3, 0.4) is 0 Å². The summed E-state index contributed by atoms with van der Waals surface area (Å²) in [6.45, 7) is 14.0. The van der Waals surface area contributed by atoms with E-state index in [1.165, 1.54) is 11.0 Å². The molecule has 3 saturated heterocycles. The fraction of sp³-hybridized carbons (Fsp3) is 0.500. The molecule has 1 saturated carbocycles. The number of carbonyl (C=O) groups excluding carboxylic acids is 4. The zero-order valence-corrected chi connectivity index (χ0v) is 34.6. The van der Waals surface area contributed by atoms with Gasteiger partial charge >= 0.3 is 0 Å². The van der Waals surface area contributed by atoms with Crippen LogP contribution < -0.4 is 25.2 Å². The first-order valence-corrected chi connectivity index (χ1v) is 20.8. The molecular weight excluding hydrogens is 775 g/mol. The van der Waals surface area contributed by atoms with Gasteiger partial charge in [-0.2, -0.15) is 5.26 Å². The first-order valence-electron chi connectivity index (χ1n) is 20.5. The van der Waals surface area contributed by atoms with Crippen LogP contribution in [0.1, 0.15) is 85.2 Å². The fourth-order valence-corrected chi connectivity index (χ4v) is 10.4. The zero-order valence-electron chi connectivity index (χ0n) is 33.9. The largest absolute Gasteiger partial charge is 0.489 e. The lowest BCUT2D eigenvalue weighted by atomic mass is 9.49. The third-order valence-corrected chi connectivity index (χ3v) is 13.5. The number of nitrogens with one attached hydrogen (secondary N) is 2. The maximum Gasteiger partial charge on any atom is 0.255 e. The number of hydrogen-bond donors (Lipinski definition) is 2. The third-order valence-electron chi connectivity index (χ3n) is 13.2. The van der Waals surface area contributed by atoms with Gasteiger partial charge in [-0.15, -0.1) is 0 Å². The number of rotatable bonds is 9. The van der Waals surface area contributed by atoms with Crippen molar-refractivity contribution in [3.05, 3.63) is 81.8 Å². The van der Waals surface area contributed by atoms with Gasteiger partial charge < -0.3 is 24.8 Å². The molecule has 8 rings (SSSR count). The van der Waals surface area contributed by atoms with Crippen LogP contribution in [0.15, 0.2) is 48.7 Å². The summed E-state index contributed by atoms with van der Waals surface area (Å²) in [5, 5.41) is 15.1. The van der Waals surface area contributed by atoms with E-state index in [1.807, 2.05) is 17.0 Å². The van der Waals surface area contributed by atoms with Gasteiger partial charge in [0.2, 0.25) is 11.8 Å². The standard InChI is InChI=1S/C44H50ClFN8O5/c1-43(2)41(44(3,4)42(43)59-30-7-5-27(22-47)32(45)20-30)50-38(56)28-6-9-36(48-23-28)53-13-11-26(12-14-53)24-51-15-17-52(18-16-51)35-21-31-29(19-33(35)46)25-54(40(31)58)34-8-10-37(55)49-39(34)57/h5-7,9,19-21,23,26,34,41-42H,8,10-18,24-25H2,1-4H3,(H,50,56)(H,49,55,57). The molecule has 13 nitrogen and oxygen atoms in total. The summed E-state index contributed by atoms with van der Waals surface area (Å²) in [6, 6.07) is 13.0. The molecule has 5 heterocycles. The highest BCUT2D eigenvalue weighted by Gasteiger charge is 2.64. The number of pyridine rings is 1. The van der Waals surface area contributed by atoms with E-state index in [4.69, 9.17) is 21.3 Å². The minimum atomic E-state index is -0.732. The molecule has 1 aliphatic carbocycles. The highest BCUT2D eigenvalue weighted by atomic mass is 35.5. The number of benzene rings is 2. The molecule has 5 aliphatic rings. The van der Waals surface area contributed by atoms with Crippen LogP contribution in [0.4, 0.5) is 15.9 Å². The Bertz CT molecular complexity index is 2190. The summed E-state index contributed by atoms with van der Waals surface area (Å²) >= 11 is 6.25. The minimum absolute atomic E-state index is 0.151. The van der Waals surface area contributed by atoms with Crippen LogP contribution in [0.25, 0.3) is 0 Å². The van der Waals surface area contributed by atoms with Gasteiger partial charge in [0.25, 0.3) is 11.8 Å². The molecule has 1 aromatic heterocycles. The van der Waals surface area contributed by atoms with Crippen molar-refractivity contribution in [2.75, 3.05) is 55.6 Å². The highest BCUT2D eigenvalue weighted by Crippen LogP contribution is 2.55. The normalized spacial score (nSPS) is 24.3. The summed E-state index contributed by atoms with van der Waals surface area (Å²) in [4.78, 5) is 63.7. The van der Waals surface area contributed by atoms with Crippen molar-refractivity contribution >= 4 is 46.7 Å². The molecule has 310 valence electrons. The Morgan fingerprint density at radius 1 is 0.983 bits per heavy atom. The summed E-state index contributed by atoms with van der Waals surface area (Å²) in [5.41, 5.74) is 1.53. The molecule has 2 aromatic carbocycles. The van der Waals surface area contributed by atoms with E-state index in [1.54, 1.807) is 30.5 Å². The number of fused-ring (bicyclic) bond motifs is 1. The van der Waals surface area contributed by atoms with Crippen molar-refractivity contribution in [3.63, 3.8) is 0 Å². The van der Waals surface area contributed by atoms with E-state index in [2.05, 4.69) is 54.2 Å². The van der Waals surface area contributed by atoms with Crippen LogP contribution in [0.5, 0.6) is 5.75 Å². The second-order valence-electron chi connectivity index (χ2n) is 17.8. The van der Waals surface area contributed by atoms with Gasteiger partial charge in [0, 0.05) is 93.5 Å². The van der Waals surface area contributed by atoms with Gasteiger partial charge in [-0.05, 0) is 67.1 Å². The molecule has 1 unspecified atom stereocenters. The van der Waals surface area contributed by atoms with E-state index >= 15 is 4.39 Å². The second kappa shape index (κ2) is 15.7. The molecular formula is C44H50ClFN8O5. The Balaban J connectivity index is 0.792. The molecule has 4 amide bonds. The molecule has 3 aromatic rings. The van der Waals surface area contributed by atoms with E-state index in [9.17, 15) is 24.4 Å². The van der Waals surface area contributed by atoms with Gasteiger partial charge in [0.05, 0.1) is 21.8 Å². The number of piperazine rings is 1. The van der Waals surface area contributed by atoms with Gasteiger partial charge in [0.15, 0.2) is 0 Å². The number of piperidine rings is 2. The Labute approximate surface area is 348 Å². The number of amides is 4. The number of nitrogens with zero attached hydrogens (tertiary/aromatic N) is 6. The lowest BCUT2D eigenvalue weighted by Crippen LogP contribution is -2.74. The Morgan fingerprint density at radius 2 is 1.71 bits per heavy atom. The van der Waals surface area contributed by atoms with E-state index in [-0.39, 0.29) is 65.9 Å². The Hall–Kier alpha value is -5.26. The fourth-order valence-electron chi connectivity index (χ4n) is 10.2. The molecule has 1 atom stereocenters.